The van der Waals surface area contributed by atoms with Crippen LogP contribution < -0.4 is 19.6 Å². The van der Waals surface area contributed by atoms with Gasteiger partial charge in [-0.1, -0.05) is 30.3 Å². The molecule has 146 valence electrons. The summed E-state index contributed by atoms with van der Waals surface area (Å²) in [7, 11) is 3.10. The SMILES string of the molecule is COc1cc2nc(C[n+]3ccc(Cc4ccccc4)cc3)[nH]c(=O)c2cc1OC. The average molecular weight is 388 g/mol. The van der Waals surface area contributed by atoms with E-state index in [4.69, 9.17) is 9.47 Å². The molecule has 0 aliphatic heterocycles. The third-order valence-electron chi connectivity index (χ3n) is 4.80. The molecule has 0 unspecified atom stereocenters. The van der Waals surface area contributed by atoms with E-state index in [9.17, 15) is 4.79 Å². The summed E-state index contributed by atoms with van der Waals surface area (Å²) in [5.74, 6) is 1.63. The summed E-state index contributed by atoms with van der Waals surface area (Å²) >= 11 is 0. The van der Waals surface area contributed by atoms with E-state index < -0.39 is 0 Å². The summed E-state index contributed by atoms with van der Waals surface area (Å²) in [4.78, 5) is 20.0. The molecule has 4 rings (SSSR count). The highest BCUT2D eigenvalue weighted by molar-refractivity contribution is 5.81. The lowest BCUT2D eigenvalue weighted by Gasteiger charge is -2.09. The van der Waals surface area contributed by atoms with E-state index in [1.165, 1.54) is 18.2 Å². The first-order valence-electron chi connectivity index (χ1n) is 9.33. The predicted octanol–water partition coefficient (Wildman–Crippen LogP) is 2.87. The molecular formula is C23H22N3O3+. The summed E-state index contributed by atoms with van der Waals surface area (Å²) in [5, 5.41) is 0.467. The molecule has 0 saturated carbocycles. The Kier molecular flexibility index (Phi) is 5.24. The third-order valence-corrected chi connectivity index (χ3v) is 4.80. The van der Waals surface area contributed by atoms with Crippen LogP contribution in [0.25, 0.3) is 10.9 Å². The van der Waals surface area contributed by atoms with Gasteiger partial charge >= 0.3 is 0 Å². The number of nitrogens with zero attached hydrogens (tertiary/aromatic N) is 2. The van der Waals surface area contributed by atoms with Crippen LogP contribution in [0, 0.1) is 0 Å². The highest BCUT2D eigenvalue weighted by Crippen LogP contribution is 2.29. The normalized spacial score (nSPS) is 10.8. The minimum Gasteiger partial charge on any atom is -0.493 e. The fraction of sp³-hybridized carbons (Fsp3) is 0.174. The molecule has 0 atom stereocenters. The number of ether oxygens (including phenoxy) is 2. The number of aromatic nitrogens is 3. The first kappa shape index (κ1) is 18.7. The van der Waals surface area contributed by atoms with E-state index in [1.54, 1.807) is 19.2 Å². The number of fused-ring (bicyclic) bond motifs is 1. The van der Waals surface area contributed by atoms with Crippen LogP contribution in [0.15, 0.2) is 71.8 Å². The van der Waals surface area contributed by atoms with Crippen LogP contribution in [-0.2, 0) is 13.0 Å². The zero-order valence-corrected chi connectivity index (χ0v) is 16.4. The van der Waals surface area contributed by atoms with E-state index in [-0.39, 0.29) is 5.56 Å². The number of nitrogens with one attached hydrogen (secondary N) is 1. The first-order valence-corrected chi connectivity index (χ1v) is 9.33. The lowest BCUT2D eigenvalue weighted by Crippen LogP contribution is -2.35. The second-order valence-electron chi connectivity index (χ2n) is 6.78. The summed E-state index contributed by atoms with van der Waals surface area (Å²) < 4.78 is 12.6. The highest BCUT2D eigenvalue weighted by Gasteiger charge is 2.13. The average Bonchev–Trinajstić information content (AvgIpc) is 2.75. The van der Waals surface area contributed by atoms with Crippen LogP contribution in [0.1, 0.15) is 17.0 Å². The van der Waals surface area contributed by atoms with E-state index in [1.807, 2.05) is 35.2 Å². The topological polar surface area (TPSA) is 68.1 Å². The van der Waals surface area contributed by atoms with Gasteiger partial charge in [-0.25, -0.2) is 4.98 Å². The molecule has 0 aliphatic carbocycles. The molecule has 29 heavy (non-hydrogen) atoms. The fourth-order valence-electron chi connectivity index (χ4n) is 3.31. The molecule has 6 heteroatoms. The maximum Gasteiger partial charge on any atom is 0.259 e. The largest absolute Gasteiger partial charge is 0.493 e. The van der Waals surface area contributed by atoms with Gasteiger partial charge in [-0.05, 0) is 23.6 Å². The lowest BCUT2D eigenvalue weighted by molar-refractivity contribution is -0.689. The Labute approximate surface area is 168 Å². The van der Waals surface area contributed by atoms with Crippen molar-refractivity contribution in [2.24, 2.45) is 0 Å². The number of hydrogen-bond donors (Lipinski definition) is 1. The van der Waals surface area contributed by atoms with Gasteiger partial charge in [0.15, 0.2) is 29.7 Å². The number of pyridine rings is 1. The molecule has 0 bridgehead atoms. The third kappa shape index (κ3) is 4.11. The maximum absolute atomic E-state index is 12.5. The minimum absolute atomic E-state index is 0.202. The van der Waals surface area contributed by atoms with Gasteiger partial charge in [-0.15, -0.1) is 0 Å². The predicted molar refractivity (Wildman–Crippen MR) is 110 cm³/mol. The van der Waals surface area contributed by atoms with Crippen molar-refractivity contribution in [1.82, 2.24) is 9.97 Å². The number of aromatic amines is 1. The van der Waals surface area contributed by atoms with Crippen LogP contribution in [0.2, 0.25) is 0 Å². The lowest BCUT2D eigenvalue weighted by atomic mass is 10.1. The Morgan fingerprint density at radius 2 is 1.59 bits per heavy atom. The van der Waals surface area contributed by atoms with Crippen LogP contribution in [-0.4, -0.2) is 24.2 Å². The fourth-order valence-corrected chi connectivity index (χ4v) is 3.31. The molecule has 1 N–H and O–H groups in total. The van der Waals surface area contributed by atoms with E-state index in [2.05, 4.69) is 34.2 Å². The van der Waals surface area contributed by atoms with Gasteiger partial charge in [0.1, 0.15) is 0 Å². The van der Waals surface area contributed by atoms with Gasteiger partial charge in [0.05, 0.1) is 25.1 Å². The van der Waals surface area contributed by atoms with Crippen molar-refractivity contribution in [3.05, 3.63) is 94.3 Å². The Balaban J connectivity index is 1.58. The zero-order valence-electron chi connectivity index (χ0n) is 16.4. The monoisotopic (exact) mass is 388 g/mol. The minimum atomic E-state index is -0.202. The van der Waals surface area contributed by atoms with E-state index in [0.29, 0.717) is 34.8 Å². The number of benzene rings is 2. The Morgan fingerprint density at radius 1 is 0.931 bits per heavy atom. The molecule has 0 aliphatic rings. The number of hydrogen-bond acceptors (Lipinski definition) is 4. The quantitative estimate of drug-likeness (QED) is 0.516. The molecule has 2 aromatic carbocycles. The van der Waals surface area contributed by atoms with Crippen LogP contribution >= 0.6 is 0 Å². The molecule has 0 radical (unpaired) electrons. The molecule has 0 saturated heterocycles. The van der Waals surface area contributed by atoms with Gasteiger partial charge in [-0.3, -0.25) is 4.79 Å². The van der Waals surface area contributed by atoms with Crippen LogP contribution in [0.5, 0.6) is 11.5 Å². The molecule has 2 heterocycles. The molecule has 6 nitrogen and oxygen atoms in total. The summed E-state index contributed by atoms with van der Waals surface area (Å²) in [6.45, 7) is 0.463. The Morgan fingerprint density at radius 3 is 2.28 bits per heavy atom. The zero-order chi connectivity index (χ0) is 20.2. The van der Waals surface area contributed by atoms with Crippen molar-refractivity contribution >= 4 is 10.9 Å². The van der Waals surface area contributed by atoms with E-state index >= 15 is 0 Å². The first-order chi connectivity index (χ1) is 14.2. The number of rotatable bonds is 6. The highest BCUT2D eigenvalue weighted by atomic mass is 16.5. The van der Waals surface area contributed by atoms with Crippen molar-refractivity contribution in [2.45, 2.75) is 13.0 Å². The van der Waals surface area contributed by atoms with Crippen molar-refractivity contribution in [3.63, 3.8) is 0 Å². The number of methoxy groups -OCH3 is 2. The molecule has 4 aromatic rings. The molecular weight excluding hydrogens is 366 g/mol. The molecule has 0 spiro atoms. The Bertz CT molecular complexity index is 1190. The summed E-state index contributed by atoms with van der Waals surface area (Å²) in [5.41, 5.74) is 2.87. The van der Waals surface area contributed by atoms with Crippen LogP contribution in [0.3, 0.4) is 0 Å². The smallest absolute Gasteiger partial charge is 0.259 e. The maximum atomic E-state index is 12.5. The summed E-state index contributed by atoms with van der Waals surface area (Å²) in [6, 6.07) is 17.9. The number of H-pyrrole nitrogens is 1. The van der Waals surface area contributed by atoms with Gasteiger partial charge < -0.3 is 14.5 Å². The van der Waals surface area contributed by atoms with Crippen molar-refractivity contribution in [2.75, 3.05) is 14.2 Å². The van der Waals surface area contributed by atoms with Crippen molar-refractivity contribution < 1.29 is 14.0 Å². The summed E-state index contributed by atoms with van der Waals surface area (Å²) in [6.07, 6.45) is 4.88. The van der Waals surface area contributed by atoms with Crippen molar-refractivity contribution in [3.8, 4) is 11.5 Å². The Hall–Kier alpha value is -3.67. The van der Waals surface area contributed by atoms with Gasteiger partial charge in [0, 0.05) is 18.2 Å². The van der Waals surface area contributed by atoms with Crippen molar-refractivity contribution in [1.29, 1.82) is 0 Å². The van der Waals surface area contributed by atoms with Crippen LogP contribution in [0.4, 0.5) is 0 Å². The second-order valence-corrected chi connectivity index (χ2v) is 6.78. The van der Waals surface area contributed by atoms with E-state index in [0.717, 1.165) is 6.42 Å². The van der Waals surface area contributed by atoms with Gasteiger partial charge in [0.25, 0.3) is 5.56 Å². The van der Waals surface area contributed by atoms with Gasteiger partial charge in [-0.2, -0.15) is 4.57 Å². The molecule has 0 amide bonds. The standard InChI is InChI=1S/C23H21N3O3/c1-28-20-13-18-19(14-21(20)29-2)24-22(25-23(18)27)15-26-10-8-17(9-11-26)12-16-6-4-3-5-7-16/h3-11,13-14H,12,15H2,1-2H3/p+1. The second kappa shape index (κ2) is 8.14. The molecule has 0 fully saturated rings. The van der Waals surface area contributed by atoms with Gasteiger partial charge in [0.2, 0.25) is 6.54 Å². The molecule has 2 aromatic heterocycles.